The van der Waals surface area contributed by atoms with Crippen molar-refractivity contribution in [1.82, 2.24) is 9.88 Å². The fraction of sp³-hybridized carbons (Fsp3) is 0.250. The van der Waals surface area contributed by atoms with Crippen LogP contribution in [-0.4, -0.2) is 54.0 Å². The van der Waals surface area contributed by atoms with E-state index in [1.165, 1.54) is 24.3 Å². The number of amides is 1. The lowest BCUT2D eigenvalue weighted by molar-refractivity contribution is -0.757. The second kappa shape index (κ2) is 11.2. The lowest BCUT2D eigenvalue weighted by atomic mass is 10.1. The quantitative estimate of drug-likeness (QED) is 0.281. The highest BCUT2D eigenvalue weighted by atomic mass is 32.2. The topological polar surface area (TPSA) is 158 Å². The van der Waals surface area contributed by atoms with Gasteiger partial charge in [-0.1, -0.05) is 12.1 Å². The number of carboxylic acid groups (broad SMARTS) is 1. The summed E-state index contributed by atoms with van der Waals surface area (Å²) in [5.74, 6) is -2.44. The molecule has 1 atom stereocenters. The Morgan fingerprint density at radius 2 is 1.78 bits per heavy atom. The second-order valence-electron chi connectivity index (χ2n) is 8.23. The minimum Gasteiger partial charge on any atom is -0.480 e. The van der Waals surface area contributed by atoms with Gasteiger partial charge in [-0.25, -0.2) is 17.6 Å². The maximum absolute atomic E-state index is 13.6. The number of benzene rings is 2. The van der Waals surface area contributed by atoms with Gasteiger partial charge in [-0.15, -0.1) is 10.1 Å². The summed E-state index contributed by atoms with van der Waals surface area (Å²) in [5, 5.41) is 20.9. The predicted octanol–water partition coefficient (Wildman–Crippen LogP) is 2.71. The van der Waals surface area contributed by atoms with E-state index >= 15 is 0 Å². The van der Waals surface area contributed by atoms with E-state index < -0.39 is 45.3 Å². The Kier molecular flexibility index (Phi) is 8.28. The van der Waals surface area contributed by atoms with Crippen LogP contribution in [0.1, 0.15) is 17.7 Å². The van der Waals surface area contributed by atoms with Gasteiger partial charge in [-0.05, 0) is 60.5 Å². The smallest absolute Gasteiger partial charge is 0.326 e. The zero-order valence-electron chi connectivity index (χ0n) is 19.9. The van der Waals surface area contributed by atoms with Gasteiger partial charge in [0.05, 0.1) is 23.6 Å². The molecular formula is C24H24FN3O8S. The third kappa shape index (κ3) is 6.91. The van der Waals surface area contributed by atoms with E-state index in [1.54, 1.807) is 41.8 Å². The van der Waals surface area contributed by atoms with Gasteiger partial charge in [0.1, 0.15) is 11.9 Å². The van der Waals surface area contributed by atoms with Crippen LogP contribution < -0.4 is 5.32 Å². The number of carboxylic acids is 1. The first-order chi connectivity index (χ1) is 17.4. The Labute approximate surface area is 211 Å². The first-order valence-electron chi connectivity index (χ1n) is 10.9. The molecule has 0 radical (unpaired) electrons. The van der Waals surface area contributed by atoms with Crippen molar-refractivity contribution in [2.24, 2.45) is 0 Å². The molecule has 3 aromatic rings. The van der Waals surface area contributed by atoms with Gasteiger partial charge in [0.15, 0.2) is 9.84 Å². The molecule has 0 spiro atoms. The van der Waals surface area contributed by atoms with E-state index in [-0.39, 0.29) is 17.7 Å². The molecule has 0 aliphatic carbocycles. The minimum atomic E-state index is -3.41. The van der Waals surface area contributed by atoms with Gasteiger partial charge in [-0.2, -0.15) is 0 Å². The number of carbonyl (C=O) groups excluding carboxylic acids is 1. The molecule has 2 N–H and O–H groups in total. The van der Waals surface area contributed by atoms with Crippen molar-refractivity contribution in [1.29, 1.82) is 0 Å². The van der Waals surface area contributed by atoms with E-state index in [1.807, 2.05) is 0 Å². The molecular weight excluding hydrogens is 509 g/mol. The van der Waals surface area contributed by atoms with Crippen LogP contribution >= 0.6 is 0 Å². The molecule has 3 rings (SSSR count). The number of hydrogen-bond donors (Lipinski definition) is 2. The van der Waals surface area contributed by atoms with Gasteiger partial charge in [0.2, 0.25) is 5.91 Å². The summed E-state index contributed by atoms with van der Waals surface area (Å²) in [7, 11) is -3.41. The molecule has 11 nitrogen and oxygen atoms in total. The van der Waals surface area contributed by atoms with Crippen molar-refractivity contribution in [2.45, 2.75) is 30.7 Å². The van der Waals surface area contributed by atoms with Crippen molar-refractivity contribution in [3.63, 3.8) is 0 Å². The zero-order chi connectivity index (χ0) is 27.3. The molecule has 2 aromatic carbocycles. The summed E-state index contributed by atoms with van der Waals surface area (Å²) in [6.07, 6.45) is 0.571. The fourth-order valence-electron chi connectivity index (χ4n) is 3.77. The third-order valence-electron chi connectivity index (χ3n) is 5.60. The lowest BCUT2D eigenvalue weighted by Gasteiger charge is -2.14. The molecule has 196 valence electrons. The van der Waals surface area contributed by atoms with E-state index in [9.17, 15) is 37.6 Å². The van der Waals surface area contributed by atoms with Crippen molar-refractivity contribution in [2.75, 3.05) is 12.9 Å². The number of aliphatic carboxylic acids is 1. The Morgan fingerprint density at radius 1 is 1.16 bits per heavy atom. The molecule has 0 aliphatic heterocycles. The first-order valence-corrected chi connectivity index (χ1v) is 12.8. The summed E-state index contributed by atoms with van der Waals surface area (Å²) in [6, 6.07) is 12.1. The molecule has 0 saturated heterocycles. The SMILES string of the molecule is Cc1c(CC(=O)N[C@@H](CCO[N+](=O)[O-])C(=O)O)cc(-c2ccc(S(C)(=O)=O)cc2)n1-c1ccc(F)cc1. The Morgan fingerprint density at radius 3 is 2.32 bits per heavy atom. The summed E-state index contributed by atoms with van der Waals surface area (Å²) in [5.41, 5.74) is 2.98. The van der Waals surface area contributed by atoms with Gasteiger partial charge >= 0.3 is 5.97 Å². The molecule has 0 unspecified atom stereocenters. The predicted molar refractivity (Wildman–Crippen MR) is 130 cm³/mol. The van der Waals surface area contributed by atoms with Crippen LogP contribution in [0.15, 0.2) is 59.5 Å². The largest absolute Gasteiger partial charge is 0.480 e. The van der Waals surface area contributed by atoms with Crippen LogP contribution in [0.25, 0.3) is 16.9 Å². The molecule has 1 amide bonds. The molecule has 0 fully saturated rings. The maximum atomic E-state index is 13.6. The molecule has 0 bridgehead atoms. The first kappa shape index (κ1) is 27.3. The number of aromatic nitrogens is 1. The highest BCUT2D eigenvalue weighted by molar-refractivity contribution is 7.90. The van der Waals surface area contributed by atoms with Crippen LogP contribution in [0.2, 0.25) is 0 Å². The number of sulfone groups is 1. The monoisotopic (exact) mass is 533 g/mol. The molecule has 0 aliphatic rings. The molecule has 1 aromatic heterocycles. The zero-order valence-corrected chi connectivity index (χ0v) is 20.7. The molecule has 1 heterocycles. The van der Waals surface area contributed by atoms with Gasteiger partial charge in [-0.3, -0.25) is 4.79 Å². The van der Waals surface area contributed by atoms with Crippen LogP contribution in [0.5, 0.6) is 0 Å². The average Bonchev–Trinajstić information content (AvgIpc) is 3.14. The summed E-state index contributed by atoms with van der Waals surface area (Å²) < 4.78 is 39.0. The average molecular weight is 534 g/mol. The van der Waals surface area contributed by atoms with Crippen molar-refractivity contribution in [3.8, 4) is 16.9 Å². The minimum absolute atomic E-state index is 0.133. The van der Waals surface area contributed by atoms with E-state index in [4.69, 9.17) is 0 Å². The Hall–Kier alpha value is -4.26. The Balaban J connectivity index is 1.94. The van der Waals surface area contributed by atoms with Gasteiger partial charge < -0.3 is 19.8 Å². The third-order valence-corrected chi connectivity index (χ3v) is 6.73. The number of rotatable bonds is 11. The van der Waals surface area contributed by atoms with Crippen LogP contribution in [0.3, 0.4) is 0 Å². The summed E-state index contributed by atoms with van der Waals surface area (Å²) in [4.78, 5) is 38.7. The molecule has 0 saturated carbocycles. The standard InChI is InChI=1S/C24H24FN3O8S/c1-15-17(14-23(29)26-21(24(30)31)11-12-36-28(32)33)13-22(27(15)19-7-5-18(25)6-8-19)16-3-9-20(10-4-16)37(2,34)35/h3-10,13,21H,11-12,14H2,1-2H3,(H,26,29)(H,30,31)/t21-/m0/s1. The second-order valence-corrected chi connectivity index (χ2v) is 10.2. The fourth-order valence-corrected chi connectivity index (χ4v) is 4.40. The highest BCUT2D eigenvalue weighted by Crippen LogP contribution is 2.30. The van der Waals surface area contributed by atoms with Crippen LogP contribution in [0.4, 0.5) is 4.39 Å². The number of carbonyl (C=O) groups is 2. The van der Waals surface area contributed by atoms with Crippen molar-refractivity contribution in [3.05, 3.63) is 81.8 Å². The lowest BCUT2D eigenvalue weighted by Crippen LogP contribution is -2.42. The van der Waals surface area contributed by atoms with Crippen molar-refractivity contribution >= 4 is 21.7 Å². The Bertz CT molecular complexity index is 1420. The van der Waals surface area contributed by atoms with Crippen molar-refractivity contribution < 1.29 is 37.4 Å². The van der Waals surface area contributed by atoms with Gasteiger partial charge in [0.25, 0.3) is 5.09 Å². The van der Waals surface area contributed by atoms with Crippen LogP contribution in [-0.2, 0) is 30.7 Å². The number of halogens is 1. The number of nitrogens with one attached hydrogen (secondary N) is 1. The maximum Gasteiger partial charge on any atom is 0.326 e. The van der Waals surface area contributed by atoms with Gasteiger partial charge in [0, 0.05) is 24.1 Å². The molecule has 37 heavy (non-hydrogen) atoms. The van der Waals surface area contributed by atoms with E-state index in [2.05, 4.69) is 10.2 Å². The molecule has 13 heteroatoms. The summed E-state index contributed by atoms with van der Waals surface area (Å²) >= 11 is 0. The number of hydrogen-bond acceptors (Lipinski definition) is 7. The van der Waals surface area contributed by atoms with E-state index in [0.717, 1.165) is 6.26 Å². The number of nitrogens with zero attached hydrogens (tertiary/aromatic N) is 2. The highest BCUT2D eigenvalue weighted by Gasteiger charge is 2.23. The normalized spacial score (nSPS) is 12.1. The summed E-state index contributed by atoms with van der Waals surface area (Å²) in [6.45, 7) is 1.23. The van der Waals surface area contributed by atoms with Crippen LogP contribution in [0, 0.1) is 22.9 Å². The van der Waals surface area contributed by atoms with E-state index in [0.29, 0.717) is 28.2 Å².